The highest BCUT2D eigenvalue weighted by Gasteiger charge is 2.11. The molecule has 1 N–H and O–H groups in total. The van der Waals surface area contributed by atoms with Crippen molar-refractivity contribution in [3.05, 3.63) is 70.5 Å². The molecule has 0 aliphatic rings. The summed E-state index contributed by atoms with van der Waals surface area (Å²) in [6.45, 7) is -0.0325. The van der Waals surface area contributed by atoms with Crippen LogP contribution in [0.4, 0.5) is 4.39 Å². The van der Waals surface area contributed by atoms with Gasteiger partial charge in [0.05, 0.1) is 35.4 Å². The van der Waals surface area contributed by atoms with Gasteiger partial charge in [0.2, 0.25) is 0 Å². The van der Waals surface area contributed by atoms with Crippen LogP contribution in [-0.2, 0) is 6.54 Å². The van der Waals surface area contributed by atoms with Crippen LogP contribution in [0.25, 0.3) is 10.9 Å². The second kappa shape index (κ2) is 7.11. The molecule has 3 aromatic rings. The van der Waals surface area contributed by atoms with Gasteiger partial charge in [0.15, 0.2) is 0 Å². The number of aliphatic hydroxyl groups is 1. The Labute approximate surface area is 142 Å². The van der Waals surface area contributed by atoms with Gasteiger partial charge in [0, 0.05) is 6.07 Å². The number of fused-ring (bicyclic) bond motifs is 1. The van der Waals surface area contributed by atoms with Gasteiger partial charge in [-0.05, 0) is 36.4 Å². The third kappa shape index (κ3) is 3.82. The molecular formula is C18H14FN3O3. The lowest BCUT2D eigenvalue weighted by atomic mass is 10.2. The second-order valence-electron chi connectivity index (χ2n) is 5.46. The largest absolute Gasteiger partial charge is 0.491 e. The number of ether oxygens (including phenoxy) is 1. The zero-order chi connectivity index (χ0) is 17.8. The fourth-order valence-electron chi connectivity index (χ4n) is 2.36. The number of halogens is 1. The smallest absolute Gasteiger partial charge is 0.261 e. The van der Waals surface area contributed by atoms with Crippen LogP contribution in [0.2, 0.25) is 0 Å². The first-order chi connectivity index (χ1) is 12.1. The normalized spacial score (nSPS) is 11.9. The molecule has 1 heterocycles. The molecule has 126 valence electrons. The molecule has 1 unspecified atom stereocenters. The maximum Gasteiger partial charge on any atom is 0.261 e. The molecule has 3 rings (SSSR count). The van der Waals surface area contributed by atoms with Crippen molar-refractivity contribution in [3.8, 4) is 11.8 Å². The minimum absolute atomic E-state index is 0.00453. The Balaban J connectivity index is 1.68. The summed E-state index contributed by atoms with van der Waals surface area (Å²) in [5.74, 6) is 0.0468. The molecular weight excluding hydrogens is 325 g/mol. The van der Waals surface area contributed by atoms with Gasteiger partial charge in [-0.1, -0.05) is 0 Å². The van der Waals surface area contributed by atoms with Crippen LogP contribution in [0.3, 0.4) is 0 Å². The number of nitrogens with zero attached hydrogens (tertiary/aromatic N) is 3. The fourth-order valence-corrected chi connectivity index (χ4v) is 2.36. The molecule has 25 heavy (non-hydrogen) atoms. The van der Waals surface area contributed by atoms with E-state index in [0.29, 0.717) is 11.3 Å². The van der Waals surface area contributed by atoms with E-state index in [1.54, 1.807) is 24.3 Å². The van der Waals surface area contributed by atoms with E-state index in [0.717, 1.165) is 0 Å². The van der Waals surface area contributed by atoms with Crippen molar-refractivity contribution in [1.29, 1.82) is 5.26 Å². The highest BCUT2D eigenvalue weighted by molar-refractivity contribution is 5.77. The zero-order valence-corrected chi connectivity index (χ0v) is 13.1. The minimum atomic E-state index is -0.937. The molecule has 0 fully saturated rings. The van der Waals surface area contributed by atoms with Crippen molar-refractivity contribution in [2.75, 3.05) is 6.61 Å². The highest BCUT2D eigenvalue weighted by atomic mass is 19.1. The lowest BCUT2D eigenvalue weighted by Crippen LogP contribution is -2.30. The topological polar surface area (TPSA) is 88.1 Å². The van der Waals surface area contributed by atoms with Crippen molar-refractivity contribution in [2.45, 2.75) is 12.6 Å². The van der Waals surface area contributed by atoms with Crippen molar-refractivity contribution >= 4 is 10.9 Å². The van der Waals surface area contributed by atoms with E-state index in [9.17, 15) is 14.3 Å². The number of nitriles is 1. The van der Waals surface area contributed by atoms with Crippen molar-refractivity contribution in [3.63, 3.8) is 0 Å². The maximum atomic E-state index is 13.2. The predicted octanol–water partition coefficient (Wildman–Crippen LogP) is 1.85. The monoisotopic (exact) mass is 339 g/mol. The van der Waals surface area contributed by atoms with Gasteiger partial charge in [0.25, 0.3) is 5.56 Å². The summed E-state index contributed by atoms with van der Waals surface area (Å²) in [4.78, 5) is 16.4. The molecule has 1 aromatic heterocycles. The molecule has 0 amide bonds. The van der Waals surface area contributed by atoms with Crippen molar-refractivity contribution in [2.24, 2.45) is 0 Å². The molecule has 7 heteroatoms. The zero-order valence-electron chi connectivity index (χ0n) is 13.1. The van der Waals surface area contributed by atoms with Gasteiger partial charge in [-0.25, -0.2) is 9.37 Å². The molecule has 0 saturated heterocycles. The first kappa shape index (κ1) is 16.6. The third-order valence-electron chi connectivity index (χ3n) is 3.62. The highest BCUT2D eigenvalue weighted by Crippen LogP contribution is 2.12. The SMILES string of the molecule is N#Cc1ccc(OCC(O)Cn2cnc3cc(F)ccc3c2=O)cc1. The summed E-state index contributed by atoms with van der Waals surface area (Å²) < 4.78 is 19.9. The Bertz CT molecular complexity index is 993. The average Bonchev–Trinajstić information content (AvgIpc) is 2.62. The van der Waals surface area contributed by atoms with Crippen LogP contribution in [0.5, 0.6) is 5.75 Å². The standard InChI is InChI=1S/C18H14FN3O3/c19-13-3-6-16-17(7-13)21-11-22(18(16)24)9-14(23)10-25-15-4-1-12(8-20)2-5-15/h1-7,11,14,23H,9-10H2. The van der Waals surface area contributed by atoms with E-state index in [1.165, 1.54) is 29.1 Å². The molecule has 0 spiro atoms. The van der Waals surface area contributed by atoms with Crippen molar-refractivity contribution < 1.29 is 14.2 Å². The maximum absolute atomic E-state index is 13.2. The number of aliphatic hydroxyl groups excluding tert-OH is 1. The van der Waals surface area contributed by atoms with Crippen LogP contribution in [0.15, 0.2) is 53.6 Å². The summed E-state index contributed by atoms with van der Waals surface area (Å²) in [6.07, 6.45) is 0.336. The Morgan fingerprint density at radius 2 is 2.04 bits per heavy atom. The number of rotatable bonds is 5. The van der Waals surface area contributed by atoms with Gasteiger partial charge in [-0.3, -0.25) is 9.36 Å². The summed E-state index contributed by atoms with van der Waals surface area (Å²) in [5, 5.41) is 19.1. The average molecular weight is 339 g/mol. The summed E-state index contributed by atoms with van der Waals surface area (Å²) >= 11 is 0. The van der Waals surface area contributed by atoms with E-state index >= 15 is 0 Å². The quantitative estimate of drug-likeness (QED) is 0.766. The molecule has 0 saturated carbocycles. The van der Waals surface area contributed by atoms with Gasteiger partial charge < -0.3 is 9.84 Å². The Hall–Kier alpha value is -3.24. The fraction of sp³-hybridized carbons (Fsp3) is 0.167. The molecule has 0 aliphatic carbocycles. The Morgan fingerprint density at radius 3 is 2.76 bits per heavy atom. The van der Waals surface area contributed by atoms with E-state index in [4.69, 9.17) is 10.00 Å². The van der Waals surface area contributed by atoms with Crippen LogP contribution in [-0.4, -0.2) is 27.4 Å². The lowest BCUT2D eigenvalue weighted by molar-refractivity contribution is 0.0915. The van der Waals surface area contributed by atoms with Gasteiger partial charge in [0.1, 0.15) is 24.3 Å². The summed E-state index contributed by atoms with van der Waals surface area (Å²) in [7, 11) is 0. The summed E-state index contributed by atoms with van der Waals surface area (Å²) in [5.41, 5.74) is 0.421. The van der Waals surface area contributed by atoms with E-state index in [2.05, 4.69) is 4.98 Å². The van der Waals surface area contributed by atoms with Crippen LogP contribution in [0.1, 0.15) is 5.56 Å². The predicted molar refractivity (Wildman–Crippen MR) is 88.6 cm³/mol. The first-order valence-electron chi connectivity index (χ1n) is 7.52. The molecule has 0 radical (unpaired) electrons. The van der Waals surface area contributed by atoms with Crippen LogP contribution in [0, 0.1) is 17.1 Å². The van der Waals surface area contributed by atoms with Gasteiger partial charge >= 0.3 is 0 Å². The number of aromatic nitrogens is 2. The molecule has 6 nitrogen and oxygen atoms in total. The van der Waals surface area contributed by atoms with Crippen molar-refractivity contribution in [1.82, 2.24) is 9.55 Å². The molecule has 0 aliphatic heterocycles. The number of benzene rings is 2. The lowest BCUT2D eigenvalue weighted by Gasteiger charge is -2.14. The Morgan fingerprint density at radius 1 is 1.28 bits per heavy atom. The van der Waals surface area contributed by atoms with E-state index in [1.807, 2.05) is 6.07 Å². The van der Waals surface area contributed by atoms with Gasteiger partial charge in [-0.15, -0.1) is 0 Å². The number of hydrogen-bond donors (Lipinski definition) is 1. The summed E-state index contributed by atoms with van der Waals surface area (Å²) in [6, 6.07) is 12.2. The van der Waals surface area contributed by atoms with E-state index < -0.39 is 11.9 Å². The molecule has 1 atom stereocenters. The van der Waals surface area contributed by atoms with E-state index in [-0.39, 0.29) is 29.6 Å². The minimum Gasteiger partial charge on any atom is -0.491 e. The molecule has 2 aromatic carbocycles. The van der Waals surface area contributed by atoms with Crippen LogP contribution >= 0.6 is 0 Å². The molecule has 0 bridgehead atoms. The van der Waals surface area contributed by atoms with Gasteiger partial charge in [-0.2, -0.15) is 5.26 Å². The second-order valence-corrected chi connectivity index (χ2v) is 5.46. The third-order valence-corrected chi connectivity index (χ3v) is 3.62. The Kier molecular flexibility index (Phi) is 4.73. The number of hydrogen-bond acceptors (Lipinski definition) is 5. The first-order valence-corrected chi connectivity index (χ1v) is 7.52. The van der Waals surface area contributed by atoms with Crippen LogP contribution < -0.4 is 10.3 Å².